The molecule has 98 valence electrons. The van der Waals surface area contributed by atoms with E-state index in [0.717, 1.165) is 24.6 Å². The van der Waals surface area contributed by atoms with Crippen LogP contribution in [-0.2, 0) is 6.54 Å². The van der Waals surface area contributed by atoms with Crippen molar-refractivity contribution in [2.45, 2.75) is 39.8 Å². The highest BCUT2D eigenvalue weighted by Crippen LogP contribution is 2.18. The number of aryl methyl sites for hydroxylation is 1. The lowest BCUT2D eigenvalue weighted by Crippen LogP contribution is -2.23. The van der Waals surface area contributed by atoms with Gasteiger partial charge in [-0.05, 0) is 25.1 Å². The van der Waals surface area contributed by atoms with Crippen LogP contribution in [-0.4, -0.2) is 28.1 Å². The zero-order valence-electron chi connectivity index (χ0n) is 11.4. The van der Waals surface area contributed by atoms with Gasteiger partial charge in [0.25, 0.3) is 0 Å². The van der Waals surface area contributed by atoms with Crippen LogP contribution < -0.4 is 5.32 Å². The van der Waals surface area contributed by atoms with Crippen molar-refractivity contribution in [1.29, 1.82) is 0 Å². The monoisotopic (exact) mass is 255 g/mol. The quantitative estimate of drug-likeness (QED) is 0.774. The summed E-state index contributed by atoms with van der Waals surface area (Å²) in [5.74, 6) is 4.24. The molecule has 1 atom stereocenters. The van der Waals surface area contributed by atoms with E-state index < -0.39 is 0 Å². The topological polar surface area (TPSA) is 29.9 Å². The van der Waals surface area contributed by atoms with Gasteiger partial charge >= 0.3 is 0 Å². The number of rotatable bonds is 8. The normalized spacial score (nSPS) is 13.2. The Bertz CT molecular complexity index is 309. The van der Waals surface area contributed by atoms with E-state index in [4.69, 9.17) is 0 Å². The fourth-order valence-corrected chi connectivity index (χ4v) is 2.93. The van der Waals surface area contributed by atoms with E-state index in [-0.39, 0.29) is 0 Å². The summed E-state index contributed by atoms with van der Waals surface area (Å²) in [6, 6.07) is 0.361. The smallest absolute Gasteiger partial charge is 0.126 e. The first-order valence-corrected chi connectivity index (χ1v) is 7.60. The van der Waals surface area contributed by atoms with E-state index >= 15 is 0 Å². The Morgan fingerprint density at radius 1 is 1.41 bits per heavy atom. The van der Waals surface area contributed by atoms with E-state index in [1.54, 1.807) is 0 Å². The molecular formula is C13H25N3S. The van der Waals surface area contributed by atoms with Crippen LogP contribution in [0.5, 0.6) is 0 Å². The molecule has 1 aromatic rings. The van der Waals surface area contributed by atoms with Gasteiger partial charge in [0.1, 0.15) is 5.82 Å². The van der Waals surface area contributed by atoms with Gasteiger partial charge in [-0.3, -0.25) is 0 Å². The Morgan fingerprint density at radius 3 is 2.76 bits per heavy atom. The lowest BCUT2D eigenvalue weighted by atomic mass is 10.3. The predicted molar refractivity (Wildman–Crippen MR) is 76.5 cm³/mol. The first-order chi connectivity index (χ1) is 8.19. The first kappa shape index (κ1) is 14.6. The van der Waals surface area contributed by atoms with Crippen molar-refractivity contribution < 1.29 is 0 Å². The summed E-state index contributed by atoms with van der Waals surface area (Å²) in [6.45, 7) is 7.78. The van der Waals surface area contributed by atoms with Crippen molar-refractivity contribution in [2.24, 2.45) is 5.92 Å². The molecule has 1 unspecified atom stereocenters. The summed E-state index contributed by atoms with van der Waals surface area (Å²) in [5.41, 5.74) is 0. The van der Waals surface area contributed by atoms with Gasteiger partial charge < -0.3 is 9.88 Å². The Hall–Kier alpha value is -0.480. The zero-order valence-corrected chi connectivity index (χ0v) is 12.3. The molecule has 0 amide bonds. The lowest BCUT2D eigenvalue weighted by molar-refractivity contribution is 0.551. The summed E-state index contributed by atoms with van der Waals surface area (Å²) in [4.78, 5) is 4.49. The number of thioether (sulfide) groups is 1. The number of nitrogens with one attached hydrogen (secondary N) is 1. The lowest BCUT2D eigenvalue weighted by Gasteiger charge is -2.17. The molecule has 0 aliphatic heterocycles. The molecule has 1 heterocycles. The number of imidazole rings is 1. The maximum Gasteiger partial charge on any atom is 0.126 e. The molecule has 0 aromatic carbocycles. The van der Waals surface area contributed by atoms with Crippen LogP contribution in [0.3, 0.4) is 0 Å². The van der Waals surface area contributed by atoms with Gasteiger partial charge in [0.15, 0.2) is 0 Å². The number of nitrogens with zero attached hydrogens (tertiary/aromatic N) is 2. The van der Waals surface area contributed by atoms with Crippen molar-refractivity contribution >= 4 is 11.8 Å². The Balaban J connectivity index is 2.56. The maximum atomic E-state index is 4.49. The SMILES string of the molecule is CCCn1ccnc1C(CSCC(C)C)NC. The largest absolute Gasteiger partial charge is 0.334 e. The van der Waals surface area contributed by atoms with Gasteiger partial charge in [0.05, 0.1) is 6.04 Å². The summed E-state index contributed by atoms with van der Waals surface area (Å²) in [6.07, 6.45) is 5.14. The highest BCUT2D eigenvalue weighted by atomic mass is 32.2. The van der Waals surface area contributed by atoms with E-state index in [2.05, 4.69) is 41.8 Å². The Morgan fingerprint density at radius 2 is 2.18 bits per heavy atom. The molecule has 0 aliphatic carbocycles. The van der Waals surface area contributed by atoms with Gasteiger partial charge in [-0.15, -0.1) is 0 Å². The van der Waals surface area contributed by atoms with Crippen molar-refractivity contribution in [3.63, 3.8) is 0 Å². The van der Waals surface area contributed by atoms with E-state index in [9.17, 15) is 0 Å². The Kier molecular flexibility index (Phi) is 6.66. The standard InChI is InChI=1S/C13H25N3S/c1-5-7-16-8-6-15-13(16)12(14-4)10-17-9-11(2)3/h6,8,11-12,14H,5,7,9-10H2,1-4H3. The summed E-state index contributed by atoms with van der Waals surface area (Å²) in [5, 5.41) is 3.37. The Labute approximate surface area is 109 Å². The second-order valence-electron chi connectivity index (χ2n) is 4.75. The predicted octanol–water partition coefficient (Wildman–Crippen LogP) is 2.94. The van der Waals surface area contributed by atoms with Crippen LogP contribution in [0.2, 0.25) is 0 Å². The van der Waals surface area contributed by atoms with Crippen LogP contribution in [0.1, 0.15) is 39.1 Å². The highest BCUT2D eigenvalue weighted by molar-refractivity contribution is 7.99. The fraction of sp³-hybridized carbons (Fsp3) is 0.769. The van der Waals surface area contributed by atoms with Crippen molar-refractivity contribution in [3.8, 4) is 0 Å². The van der Waals surface area contributed by atoms with Crippen molar-refractivity contribution in [1.82, 2.24) is 14.9 Å². The van der Waals surface area contributed by atoms with Crippen molar-refractivity contribution in [3.05, 3.63) is 18.2 Å². The van der Waals surface area contributed by atoms with Gasteiger partial charge in [-0.1, -0.05) is 20.8 Å². The van der Waals surface area contributed by atoms with Gasteiger partial charge in [-0.2, -0.15) is 11.8 Å². The number of hydrogen-bond donors (Lipinski definition) is 1. The number of hydrogen-bond acceptors (Lipinski definition) is 3. The maximum absolute atomic E-state index is 4.49. The summed E-state index contributed by atoms with van der Waals surface area (Å²) in [7, 11) is 2.02. The molecule has 0 saturated carbocycles. The van der Waals surface area contributed by atoms with Crippen LogP contribution in [0, 0.1) is 5.92 Å². The van der Waals surface area contributed by atoms with Crippen molar-refractivity contribution in [2.75, 3.05) is 18.6 Å². The average Bonchev–Trinajstić information content (AvgIpc) is 2.73. The van der Waals surface area contributed by atoms with Crippen LogP contribution >= 0.6 is 11.8 Å². The first-order valence-electron chi connectivity index (χ1n) is 6.45. The molecule has 3 nitrogen and oxygen atoms in total. The second-order valence-corrected chi connectivity index (χ2v) is 5.83. The minimum atomic E-state index is 0.361. The summed E-state index contributed by atoms with van der Waals surface area (Å²) >= 11 is 2.00. The molecule has 4 heteroatoms. The van der Waals surface area contributed by atoms with Crippen LogP contribution in [0.15, 0.2) is 12.4 Å². The van der Waals surface area contributed by atoms with Gasteiger partial charge in [0, 0.05) is 24.7 Å². The van der Waals surface area contributed by atoms with Crippen LogP contribution in [0.25, 0.3) is 0 Å². The minimum Gasteiger partial charge on any atom is -0.334 e. The third-order valence-electron chi connectivity index (χ3n) is 2.61. The molecule has 0 aliphatic rings. The molecule has 17 heavy (non-hydrogen) atoms. The molecule has 0 bridgehead atoms. The van der Waals surface area contributed by atoms with E-state index in [1.165, 1.54) is 11.6 Å². The van der Waals surface area contributed by atoms with Gasteiger partial charge in [0.2, 0.25) is 0 Å². The minimum absolute atomic E-state index is 0.361. The van der Waals surface area contributed by atoms with E-state index in [1.807, 2.05) is 25.0 Å². The second kappa shape index (κ2) is 7.77. The molecule has 0 radical (unpaired) electrons. The molecular weight excluding hydrogens is 230 g/mol. The molecule has 0 saturated heterocycles. The zero-order chi connectivity index (χ0) is 12.7. The fourth-order valence-electron chi connectivity index (χ4n) is 1.77. The molecule has 1 aromatic heterocycles. The molecule has 1 N–H and O–H groups in total. The highest BCUT2D eigenvalue weighted by Gasteiger charge is 2.14. The molecule has 1 rings (SSSR count). The molecule has 0 fully saturated rings. The number of aromatic nitrogens is 2. The molecule has 0 spiro atoms. The summed E-state index contributed by atoms with van der Waals surface area (Å²) < 4.78 is 2.26. The third-order valence-corrected chi connectivity index (χ3v) is 4.08. The van der Waals surface area contributed by atoms with Crippen LogP contribution in [0.4, 0.5) is 0 Å². The van der Waals surface area contributed by atoms with E-state index in [0.29, 0.717) is 6.04 Å². The van der Waals surface area contributed by atoms with Gasteiger partial charge in [-0.25, -0.2) is 4.98 Å². The third kappa shape index (κ3) is 4.72. The average molecular weight is 255 g/mol.